The van der Waals surface area contributed by atoms with E-state index in [1.807, 2.05) is 30.3 Å². The van der Waals surface area contributed by atoms with Gasteiger partial charge in [-0.25, -0.2) is 0 Å². The van der Waals surface area contributed by atoms with Gasteiger partial charge in [0.15, 0.2) is 0 Å². The molecule has 17 heavy (non-hydrogen) atoms. The molecule has 0 heterocycles. The van der Waals surface area contributed by atoms with E-state index in [1.54, 1.807) is 0 Å². The highest BCUT2D eigenvalue weighted by molar-refractivity contribution is 7.80. The molecule has 3 nitrogen and oxygen atoms in total. The molecule has 0 fully saturated rings. The molecule has 0 radical (unpaired) electrons. The Bertz CT molecular complexity index is 267. The van der Waals surface area contributed by atoms with Crippen LogP contribution >= 0.6 is 12.6 Å². The number of benzene rings is 1. The van der Waals surface area contributed by atoms with Gasteiger partial charge in [0, 0.05) is 5.75 Å². The van der Waals surface area contributed by atoms with Gasteiger partial charge >= 0.3 is 0 Å². The summed E-state index contributed by atoms with van der Waals surface area (Å²) in [6.45, 7) is 3.78. The highest BCUT2D eigenvalue weighted by Crippen LogP contribution is 1.99. The van der Waals surface area contributed by atoms with Gasteiger partial charge in [0.2, 0.25) is 0 Å². The molecule has 1 aromatic carbocycles. The zero-order valence-corrected chi connectivity index (χ0v) is 10.9. The van der Waals surface area contributed by atoms with Crippen LogP contribution in [0.1, 0.15) is 5.56 Å². The molecule has 4 heteroatoms. The van der Waals surface area contributed by atoms with Gasteiger partial charge in [0.25, 0.3) is 0 Å². The third-order valence-electron chi connectivity index (χ3n) is 2.09. The third kappa shape index (κ3) is 8.21. The van der Waals surface area contributed by atoms with Crippen LogP contribution < -0.4 is 0 Å². The first kappa shape index (κ1) is 14.5. The van der Waals surface area contributed by atoms with Gasteiger partial charge < -0.3 is 14.2 Å². The summed E-state index contributed by atoms with van der Waals surface area (Å²) in [5.41, 5.74) is 1.18. The van der Waals surface area contributed by atoms with Crippen molar-refractivity contribution in [3.63, 3.8) is 0 Å². The van der Waals surface area contributed by atoms with Crippen molar-refractivity contribution in [2.45, 2.75) is 6.61 Å². The standard InChI is InChI=1S/C13H20O3S/c17-11-10-15-7-6-14-8-9-16-12-13-4-2-1-3-5-13/h1-5,17H,6-12H2. The van der Waals surface area contributed by atoms with Gasteiger partial charge in [-0.05, 0) is 5.56 Å². The quantitative estimate of drug-likeness (QED) is 0.513. The van der Waals surface area contributed by atoms with Crippen molar-refractivity contribution in [1.82, 2.24) is 0 Å². The molecule has 0 N–H and O–H groups in total. The average molecular weight is 256 g/mol. The number of ether oxygens (including phenoxy) is 3. The van der Waals surface area contributed by atoms with Gasteiger partial charge in [-0.15, -0.1) is 0 Å². The maximum Gasteiger partial charge on any atom is 0.0718 e. The lowest BCUT2D eigenvalue weighted by molar-refractivity contribution is 0.0133. The van der Waals surface area contributed by atoms with E-state index in [0.29, 0.717) is 39.6 Å². The minimum absolute atomic E-state index is 0.608. The Labute approximate surface area is 108 Å². The Morgan fingerprint density at radius 1 is 0.765 bits per heavy atom. The summed E-state index contributed by atoms with van der Waals surface area (Å²) in [5, 5.41) is 0. The fourth-order valence-electron chi connectivity index (χ4n) is 1.27. The first-order chi connectivity index (χ1) is 8.43. The molecule has 1 aromatic rings. The molecule has 0 unspecified atom stereocenters. The summed E-state index contributed by atoms with van der Waals surface area (Å²) in [6, 6.07) is 10.1. The predicted molar refractivity (Wildman–Crippen MR) is 71.6 cm³/mol. The van der Waals surface area contributed by atoms with E-state index in [4.69, 9.17) is 14.2 Å². The Kier molecular flexibility index (Phi) is 9.04. The van der Waals surface area contributed by atoms with E-state index in [2.05, 4.69) is 12.6 Å². The molecule has 0 saturated carbocycles. The molecular formula is C13H20O3S. The van der Waals surface area contributed by atoms with Crippen molar-refractivity contribution in [2.24, 2.45) is 0 Å². The van der Waals surface area contributed by atoms with Crippen molar-refractivity contribution in [2.75, 3.05) is 38.8 Å². The number of thiol groups is 1. The van der Waals surface area contributed by atoms with Crippen LogP contribution in [0, 0.1) is 0 Å². The third-order valence-corrected chi connectivity index (χ3v) is 2.27. The van der Waals surface area contributed by atoms with Gasteiger partial charge in [-0.1, -0.05) is 30.3 Å². The topological polar surface area (TPSA) is 27.7 Å². The molecule has 96 valence electrons. The van der Waals surface area contributed by atoms with Crippen LogP contribution in [0.15, 0.2) is 30.3 Å². The fraction of sp³-hybridized carbons (Fsp3) is 0.538. The monoisotopic (exact) mass is 256 g/mol. The van der Waals surface area contributed by atoms with Crippen molar-refractivity contribution < 1.29 is 14.2 Å². The second-order valence-corrected chi connectivity index (χ2v) is 3.93. The van der Waals surface area contributed by atoms with Crippen LogP contribution in [-0.2, 0) is 20.8 Å². The highest BCUT2D eigenvalue weighted by atomic mass is 32.1. The minimum atomic E-state index is 0.608. The summed E-state index contributed by atoms with van der Waals surface area (Å²) in [7, 11) is 0. The van der Waals surface area contributed by atoms with Crippen molar-refractivity contribution in [3.05, 3.63) is 35.9 Å². The van der Waals surface area contributed by atoms with Crippen LogP contribution in [0.3, 0.4) is 0 Å². The Morgan fingerprint density at radius 3 is 2.00 bits per heavy atom. The maximum atomic E-state index is 5.47. The molecule has 0 spiro atoms. The zero-order valence-electron chi connectivity index (χ0n) is 10.0. The number of hydrogen-bond donors (Lipinski definition) is 1. The molecule has 0 aliphatic rings. The maximum absolute atomic E-state index is 5.47. The molecule has 0 bridgehead atoms. The van der Waals surface area contributed by atoms with E-state index in [9.17, 15) is 0 Å². The average Bonchev–Trinajstić information content (AvgIpc) is 2.38. The van der Waals surface area contributed by atoms with E-state index in [0.717, 1.165) is 5.75 Å². The van der Waals surface area contributed by atoms with Crippen LogP contribution in [-0.4, -0.2) is 38.8 Å². The predicted octanol–water partition coefficient (Wildman–Crippen LogP) is 2.17. The van der Waals surface area contributed by atoms with E-state index in [1.165, 1.54) is 5.56 Å². The normalized spacial score (nSPS) is 10.6. The minimum Gasteiger partial charge on any atom is -0.378 e. The smallest absolute Gasteiger partial charge is 0.0718 e. The Balaban J connectivity index is 1.85. The molecule has 0 atom stereocenters. The summed E-state index contributed by atoms with van der Waals surface area (Å²) in [4.78, 5) is 0. The Hall–Kier alpha value is -0.550. The van der Waals surface area contributed by atoms with Crippen LogP contribution in [0.5, 0.6) is 0 Å². The lowest BCUT2D eigenvalue weighted by atomic mass is 10.2. The van der Waals surface area contributed by atoms with E-state index in [-0.39, 0.29) is 0 Å². The molecule has 0 aliphatic carbocycles. The van der Waals surface area contributed by atoms with E-state index < -0.39 is 0 Å². The fourth-order valence-corrected chi connectivity index (χ4v) is 1.40. The van der Waals surface area contributed by atoms with Gasteiger partial charge in [0.1, 0.15) is 0 Å². The summed E-state index contributed by atoms with van der Waals surface area (Å²) in [6.07, 6.45) is 0. The number of hydrogen-bond acceptors (Lipinski definition) is 4. The zero-order chi connectivity index (χ0) is 12.2. The number of rotatable bonds is 10. The van der Waals surface area contributed by atoms with Crippen LogP contribution in [0.2, 0.25) is 0 Å². The second-order valence-electron chi connectivity index (χ2n) is 3.49. The van der Waals surface area contributed by atoms with Gasteiger partial charge in [-0.2, -0.15) is 12.6 Å². The van der Waals surface area contributed by atoms with Crippen LogP contribution in [0.4, 0.5) is 0 Å². The lowest BCUT2D eigenvalue weighted by Crippen LogP contribution is -2.10. The molecule has 0 saturated heterocycles. The van der Waals surface area contributed by atoms with Crippen molar-refractivity contribution >= 4 is 12.6 Å². The molecule has 0 aromatic heterocycles. The Morgan fingerprint density at radius 2 is 1.35 bits per heavy atom. The summed E-state index contributed by atoms with van der Waals surface area (Å²) < 4.78 is 16.0. The highest BCUT2D eigenvalue weighted by Gasteiger charge is 1.92. The molecule has 0 aliphatic heterocycles. The largest absolute Gasteiger partial charge is 0.378 e. The van der Waals surface area contributed by atoms with E-state index >= 15 is 0 Å². The van der Waals surface area contributed by atoms with Crippen molar-refractivity contribution in [3.8, 4) is 0 Å². The first-order valence-electron chi connectivity index (χ1n) is 5.81. The lowest BCUT2D eigenvalue weighted by Gasteiger charge is -2.06. The summed E-state index contributed by atoms with van der Waals surface area (Å²) >= 11 is 4.04. The summed E-state index contributed by atoms with van der Waals surface area (Å²) in [5.74, 6) is 0.750. The van der Waals surface area contributed by atoms with Crippen LogP contribution in [0.25, 0.3) is 0 Å². The first-order valence-corrected chi connectivity index (χ1v) is 6.44. The van der Waals surface area contributed by atoms with Crippen molar-refractivity contribution in [1.29, 1.82) is 0 Å². The molecular weight excluding hydrogens is 236 g/mol. The SMILES string of the molecule is SCCOCCOCCOCc1ccccc1. The van der Waals surface area contributed by atoms with Gasteiger partial charge in [-0.3, -0.25) is 0 Å². The molecule has 1 rings (SSSR count). The molecule has 0 amide bonds. The van der Waals surface area contributed by atoms with Gasteiger partial charge in [0.05, 0.1) is 39.6 Å². The second kappa shape index (κ2) is 10.6.